The summed E-state index contributed by atoms with van der Waals surface area (Å²) in [4.78, 5) is 0. The molecule has 2 aromatic carbocycles. The molecular weight excluding hydrogens is 399 g/mol. The van der Waals surface area contributed by atoms with E-state index in [1.165, 1.54) is 27.8 Å². The molecule has 1 N–H and O–H groups in total. The first-order valence-electron chi connectivity index (χ1n) is 12.2. The lowest BCUT2D eigenvalue weighted by atomic mass is 9.70. The van der Waals surface area contributed by atoms with Crippen LogP contribution in [-0.2, 0) is 12.8 Å². The molecule has 2 aliphatic rings. The molecule has 172 valence electrons. The lowest BCUT2D eigenvalue weighted by Crippen LogP contribution is -2.23. The third kappa shape index (κ3) is 4.78. The average molecular weight is 437 g/mol. The van der Waals surface area contributed by atoms with Gasteiger partial charge in [0.15, 0.2) is 0 Å². The van der Waals surface area contributed by atoms with Crippen molar-refractivity contribution in [1.29, 1.82) is 0 Å². The maximum absolute atomic E-state index is 13.2. The Morgan fingerprint density at radius 3 is 2.72 bits per heavy atom. The Morgan fingerprint density at radius 1 is 1.16 bits per heavy atom. The number of halogens is 1. The lowest BCUT2D eigenvalue weighted by molar-refractivity contribution is 0.147. The number of alkyl halides is 1. The van der Waals surface area contributed by atoms with Gasteiger partial charge in [-0.05, 0) is 104 Å². The van der Waals surface area contributed by atoms with E-state index in [4.69, 9.17) is 4.74 Å². The van der Waals surface area contributed by atoms with Crippen molar-refractivity contribution in [1.82, 2.24) is 0 Å². The molecule has 2 aliphatic carbocycles. The summed E-state index contributed by atoms with van der Waals surface area (Å²) in [6.07, 6.45) is 10.0. The van der Waals surface area contributed by atoms with Gasteiger partial charge in [-0.25, -0.2) is 0 Å². The number of fused-ring (bicyclic) bond motifs is 2. The van der Waals surface area contributed by atoms with Crippen molar-refractivity contribution in [2.45, 2.75) is 76.7 Å². The third-order valence-electron chi connectivity index (χ3n) is 7.88. The second-order valence-electron chi connectivity index (χ2n) is 9.79. The highest BCUT2D eigenvalue weighted by molar-refractivity contribution is 5.47. The van der Waals surface area contributed by atoms with Crippen molar-refractivity contribution in [2.24, 2.45) is 5.41 Å². The summed E-state index contributed by atoms with van der Waals surface area (Å²) in [5.41, 5.74) is 6.78. The van der Waals surface area contributed by atoms with Crippen LogP contribution in [0, 0.1) is 12.3 Å². The van der Waals surface area contributed by atoms with Gasteiger partial charge in [-0.3, -0.25) is 4.39 Å². The lowest BCUT2D eigenvalue weighted by Gasteiger charge is -2.34. The molecule has 2 aromatic rings. The Labute approximate surface area is 192 Å². The predicted molar refractivity (Wildman–Crippen MR) is 129 cm³/mol. The molecule has 0 radical (unpaired) electrons. The van der Waals surface area contributed by atoms with Crippen molar-refractivity contribution in [3.05, 3.63) is 76.4 Å². The first-order chi connectivity index (χ1) is 15.6. The molecule has 0 bridgehead atoms. The van der Waals surface area contributed by atoms with E-state index in [0.717, 1.165) is 57.1 Å². The molecule has 3 heteroatoms. The van der Waals surface area contributed by atoms with E-state index in [0.29, 0.717) is 12.3 Å². The fourth-order valence-electron chi connectivity index (χ4n) is 6.28. The third-order valence-corrected chi connectivity index (χ3v) is 7.88. The van der Waals surface area contributed by atoms with E-state index >= 15 is 0 Å². The van der Waals surface area contributed by atoms with Gasteiger partial charge in [0.05, 0.1) is 19.9 Å². The number of methoxy groups -OCH3 is 1. The zero-order valence-corrected chi connectivity index (χ0v) is 19.6. The Morgan fingerprint density at radius 2 is 1.97 bits per heavy atom. The molecule has 0 aromatic heterocycles. The molecular formula is C29H37FO2. The summed E-state index contributed by atoms with van der Waals surface area (Å²) in [5.74, 6) is 1.36. The van der Waals surface area contributed by atoms with Crippen molar-refractivity contribution >= 4 is 0 Å². The van der Waals surface area contributed by atoms with E-state index in [2.05, 4.69) is 55.5 Å². The molecule has 0 amide bonds. The maximum atomic E-state index is 13.2. The monoisotopic (exact) mass is 436 g/mol. The van der Waals surface area contributed by atoms with E-state index < -0.39 is 0 Å². The quantitative estimate of drug-likeness (QED) is 0.501. The van der Waals surface area contributed by atoms with Crippen molar-refractivity contribution in [3.8, 4) is 5.75 Å². The van der Waals surface area contributed by atoms with Gasteiger partial charge in [0.1, 0.15) is 5.75 Å². The van der Waals surface area contributed by atoms with Gasteiger partial charge in [-0.15, -0.1) is 0 Å². The van der Waals surface area contributed by atoms with Crippen LogP contribution in [0.3, 0.4) is 0 Å². The Balaban J connectivity index is 1.74. The van der Waals surface area contributed by atoms with Crippen molar-refractivity contribution in [3.63, 3.8) is 0 Å². The van der Waals surface area contributed by atoms with E-state index in [1.807, 2.05) is 0 Å². The minimum atomic E-state index is -0.293. The van der Waals surface area contributed by atoms with Crippen LogP contribution in [0.15, 0.2) is 54.1 Å². The first-order valence-corrected chi connectivity index (χ1v) is 12.2. The zero-order chi connectivity index (χ0) is 22.6. The van der Waals surface area contributed by atoms with Crippen molar-refractivity contribution < 1.29 is 14.2 Å². The molecule has 0 aliphatic heterocycles. The molecule has 1 saturated carbocycles. The van der Waals surface area contributed by atoms with Crippen LogP contribution in [0.5, 0.6) is 5.75 Å². The summed E-state index contributed by atoms with van der Waals surface area (Å²) in [6.45, 7) is 1.90. The van der Waals surface area contributed by atoms with Crippen LogP contribution >= 0.6 is 0 Å². The van der Waals surface area contributed by atoms with Crippen LogP contribution in [0.1, 0.15) is 73.1 Å². The number of benzene rings is 2. The highest BCUT2D eigenvalue weighted by Crippen LogP contribution is 2.52. The fourth-order valence-corrected chi connectivity index (χ4v) is 6.28. The van der Waals surface area contributed by atoms with Gasteiger partial charge >= 0.3 is 0 Å². The average Bonchev–Trinajstić information content (AvgIpc) is 3.12. The highest BCUT2D eigenvalue weighted by atomic mass is 19.1. The van der Waals surface area contributed by atoms with Gasteiger partial charge in [-0.1, -0.05) is 48.0 Å². The second-order valence-corrected chi connectivity index (χ2v) is 9.79. The Hall–Kier alpha value is -2.13. The normalized spacial score (nSPS) is 27.2. The molecule has 2 nitrogen and oxygen atoms in total. The Bertz CT molecular complexity index is 936. The molecule has 0 spiro atoms. The summed E-state index contributed by atoms with van der Waals surface area (Å²) in [5, 5.41) is 10.6. The van der Waals surface area contributed by atoms with E-state index in [9.17, 15) is 9.50 Å². The minimum absolute atomic E-state index is 0.0422. The maximum Gasteiger partial charge on any atom is 0.122 e. The molecule has 32 heavy (non-hydrogen) atoms. The first kappa shape index (κ1) is 23.0. The largest absolute Gasteiger partial charge is 0.496 e. The van der Waals surface area contributed by atoms with Crippen LogP contribution in [-0.4, -0.2) is 25.0 Å². The predicted octanol–water partition coefficient (Wildman–Crippen LogP) is 6.87. The van der Waals surface area contributed by atoms with E-state index in [-0.39, 0.29) is 18.2 Å². The van der Waals surface area contributed by atoms with Gasteiger partial charge in [0.2, 0.25) is 0 Å². The smallest absolute Gasteiger partial charge is 0.122 e. The SMILES string of the molecule is COc1ccc2c(c1C)CC/C=C1\C[C@H](O)C[C@]1(CCCF)CC[C@H]2Cc1ccccc1. The highest BCUT2D eigenvalue weighted by Gasteiger charge is 2.42. The molecule has 3 atom stereocenters. The van der Waals surface area contributed by atoms with E-state index in [1.54, 1.807) is 7.11 Å². The molecule has 4 rings (SSSR count). The Kier molecular flexibility index (Phi) is 7.35. The number of aliphatic hydroxyl groups is 1. The summed E-state index contributed by atoms with van der Waals surface area (Å²) < 4.78 is 18.9. The summed E-state index contributed by atoms with van der Waals surface area (Å²) in [7, 11) is 1.75. The van der Waals surface area contributed by atoms with Gasteiger partial charge in [0, 0.05) is 0 Å². The summed E-state index contributed by atoms with van der Waals surface area (Å²) in [6, 6.07) is 15.1. The fraction of sp³-hybridized carbons (Fsp3) is 0.517. The standard InChI is InChI=1S/C29H37FO2/c1-21-26-11-6-10-24-19-25(31)20-29(24,15-7-17-30)16-14-23(18-22-8-4-3-5-9-22)27(26)12-13-28(21)32-2/h3-5,8-10,12-13,23,25,31H,6-7,11,14-20H2,1-2H3/b24-10+/t23-,25-,29-/m0/s1. The van der Waals surface area contributed by atoms with Crippen molar-refractivity contribution in [2.75, 3.05) is 13.8 Å². The minimum Gasteiger partial charge on any atom is -0.496 e. The van der Waals surface area contributed by atoms with Crippen LogP contribution in [0.4, 0.5) is 4.39 Å². The molecule has 0 saturated heterocycles. The zero-order valence-electron chi connectivity index (χ0n) is 19.6. The number of hydrogen-bond acceptors (Lipinski definition) is 2. The van der Waals surface area contributed by atoms with Crippen LogP contribution in [0.25, 0.3) is 0 Å². The number of rotatable bonds is 6. The number of ether oxygens (including phenoxy) is 1. The molecule has 0 unspecified atom stereocenters. The van der Waals surface area contributed by atoms with Gasteiger partial charge in [0.25, 0.3) is 0 Å². The number of allylic oxidation sites excluding steroid dienone is 1. The van der Waals surface area contributed by atoms with Gasteiger partial charge in [-0.2, -0.15) is 0 Å². The summed E-state index contributed by atoms with van der Waals surface area (Å²) >= 11 is 0. The number of aliphatic hydroxyl groups excluding tert-OH is 1. The molecule has 1 fully saturated rings. The van der Waals surface area contributed by atoms with Crippen LogP contribution < -0.4 is 4.74 Å². The number of hydrogen-bond donors (Lipinski definition) is 1. The second kappa shape index (κ2) is 10.2. The topological polar surface area (TPSA) is 29.5 Å². The van der Waals surface area contributed by atoms with Gasteiger partial charge < -0.3 is 9.84 Å². The molecule has 0 heterocycles. The van der Waals surface area contributed by atoms with Crippen LogP contribution in [0.2, 0.25) is 0 Å².